The number of rotatable bonds is 7. The van der Waals surface area contributed by atoms with Crippen molar-refractivity contribution >= 4 is 33.0 Å². The molecule has 0 atom stereocenters. The van der Waals surface area contributed by atoms with Gasteiger partial charge < -0.3 is 14.0 Å². The number of aryl methyl sites for hydroxylation is 1. The zero-order chi connectivity index (χ0) is 49.7. The van der Waals surface area contributed by atoms with E-state index in [-0.39, 0.29) is 42.8 Å². The largest absolute Gasteiger partial charge is 0.501 e. The molecule has 3 heterocycles. The van der Waals surface area contributed by atoms with Crippen molar-refractivity contribution in [3.05, 3.63) is 198 Å². The molecule has 0 amide bonds. The van der Waals surface area contributed by atoms with Gasteiger partial charge in [-0.1, -0.05) is 172 Å². The molecule has 5 heteroatoms. The molecule has 0 fully saturated rings. The number of hydrogen-bond acceptors (Lipinski definition) is 3. The number of furan rings is 1. The van der Waals surface area contributed by atoms with Crippen LogP contribution in [0.1, 0.15) is 113 Å². The molecule has 0 aliphatic rings. The van der Waals surface area contributed by atoms with Crippen LogP contribution in [-0.4, -0.2) is 14.5 Å². The van der Waals surface area contributed by atoms with Gasteiger partial charge in [0, 0.05) is 41.5 Å². The van der Waals surface area contributed by atoms with Crippen molar-refractivity contribution in [3.63, 3.8) is 0 Å². The Kier molecular flexibility index (Phi) is 12.5. The minimum absolute atomic E-state index is 0. The summed E-state index contributed by atoms with van der Waals surface area (Å²) >= 11 is 0. The third-order valence-electron chi connectivity index (χ3n) is 12.8. The van der Waals surface area contributed by atoms with Crippen LogP contribution >= 0.6 is 0 Å². The normalized spacial score (nSPS) is 12.7. The van der Waals surface area contributed by atoms with Gasteiger partial charge in [0.1, 0.15) is 5.58 Å². The number of imidazole rings is 1. The zero-order valence-corrected chi connectivity index (χ0v) is 43.1. The number of fused-ring (bicyclic) bond motifs is 4. The monoisotopic (exact) mass is 1070 g/mol. The maximum atomic E-state index is 7.36. The molecule has 4 nitrogen and oxygen atoms in total. The predicted octanol–water partition coefficient (Wildman–Crippen LogP) is 17.4. The van der Waals surface area contributed by atoms with Crippen molar-refractivity contribution in [2.75, 3.05) is 0 Å². The van der Waals surface area contributed by atoms with Crippen LogP contribution in [0.5, 0.6) is 0 Å². The van der Waals surface area contributed by atoms with Crippen molar-refractivity contribution in [1.29, 1.82) is 0 Å². The first kappa shape index (κ1) is 44.1. The van der Waals surface area contributed by atoms with E-state index in [0.29, 0.717) is 5.56 Å². The standard InChI is InChI=1S/C47H43N2O.C16H18N.Ir/c1-29(2)39-26-34(31-14-9-8-10-15-31)27-40(30(3)4)44(39)49-42-19-12-11-18-41(42)48-46(49)38-17-13-16-37-36-25-22-33(28-43(36)50-45(37)38)32-20-23-35(24-21-32)47(5,6)7;1-12-5-7-13(8-6-12)15-11-14(9-10-17-15)16(2,3)4;/h8-16,18-30H,1-7H3;5-7,9-11H,1-4H3;/q2*-1;/i;1D3;. The van der Waals surface area contributed by atoms with Crippen molar-refractivity contribution in [2.24, 2.45) is 0 Å². The van der Waals surface area contributed by atoms with Crippen molar-refractivity contribution < 1.29 is 28.6 Å². The van der Waals surface area contributed by atoms with E-state index in [1.807, 2.05) is 18.2 Å². The molecule has 1 radical (unpaired) electrons. The molecule has 0 spiro atoms. The molecular formula is C63H61IrN3O-2. The van der Waals surface area contributed by atoms with Crippen molar-refractivity contribution in [1.82, 2.24) is 14.5 Å². The summed E-state index contributed by atoms with van der Waals surface area (Å²) in [5.74, 6) is 1.40. The number of para-hydroxylation sites is 2. The van der Waals surface area contributed by atoms with E-state index in [2.05, 4.69) is 206 Å². The first-order valence-electron chi connectivity index (χ1n) is 24.9. The number of benzene rings is 7. The number of nitrogens with zero attached hydrogens (tertiary/aromatic N) is 3. The molecule has 0 N–H and O–H groups in total. The van der Waals surface area contributed by atoms with Gasteiger partial charge in [-0.3, -0.25) is 4.98 Å². The Hall–Kier alpha value is -6.39. The minimum atomic E-state index is -2.09. The topological polar surface area (TPSA) is 43.9 Å². The fourth-order valence-corrected chi connectivity index (χ4v) is 8.91. The van der Waals surface area contributed by atoms with E-state index in [1.54, 1.807) is 18.3 Å². The molecule has 68 heavy (non-hydrogen) atoms. The fourth-order valence-electron chi connectivity index (χ4n) is 8.91. The summed E-state index contributed by atoms with van der Waals surface area (Å²) in [6.45, 7) is 20.3. The summed E-state index contributed by atoms with van der Waals surface area (Å²) in [6.07, 6.45) is 1.78. The minimum Gasteiger partial charge on any atom is -0.501 e. The van der Waals surface area contributed by atoms with Gasteiger partial charge >= 0.3 is 0 Å². The molecule has 0 aliphatic carbocycles. The first-order chi connectivity index (χ1) is 33.3. The summed E-state index contributed by atoms with van der Waals surface area (Å²) < 4.78 is 31.3. The predicted molar refractivity (Wildman–Crippen MR) is 282 cm³/mol. The Morgan fingerprint density at radius 1 is 0.618 bits per heavy atom. The second-order valence-corrected chi connectivity index (χ2v) is 20.3. The molecule has 0 unspecified atom stereocenters. The maximum absolute atomic E-state index is 7.36. The molecule has 7 aromatic carbocycles. The van der Waals surface area contributed by atoms with Gasteiger partial charge in [-0.05, 0) is 109 Å². The molecule has 0 saturated carbocycles. The molecule has 345 valence electrons. The van der Waals surface area contributed by atoms with Gasteiger partial charge in [0.2, 0.25) is 0 Å². The molecule has 10 rings (SSSR count). The van der Waals surface area contributed by atoms with Gasteiger partial charge in [-0.15, -0.1) is 53.6 Å². The van der Waals surface area contributed by atoms with Crippen LogP contribution in [0, 0.1) is 19.0 Å². The summed E-state index contributed by atoms with van der Waals surface area (Å²) in [5, 5.41) is 2.15. The van der Waals surface area contributed by atoms with Gasteiger partial charge in [0.05, 0.1) is 22.4 Å². The average Bonchev–Trinajstić information content (AvgIpc) is 3.92. The number of hydrogen-bond donors (Lipinski definition) is 0. The smallest absolute Gasteiger partial charge is 0.121 e. The second-order valence-electron chi connectivity index (χ2n) is 20.3. The van der Waals surface area contributed by atoms with Crippen LogP contribution in [0.25, 0.3) is 83.6 Å². The first-order valence-corrected chi connectivity index (χ1v) is 23.4. The van der Waals surface area contributed by atoms with Crippen molar-refractivity contribution in [3.8, 4) is 50.6 Å². The second kappa shape index (κ2) is 19.3. The molecular weight excluding hydrogens is 1010 g/mol. The van der Waals surface area contributed by atoms with E-state index in [1.165, 1.54) is 50.7 Å². The summed E-state index contributed by atoms with van der Waals surface area (Å²) in [4.78, 5) is 9.67. The van der Waals surface area contributed by atoms with E-state index in [9.17, 15) is 0 Å². The molecule has 10 aromatic rings. The van der Waals surface area contributed by atoms with Crippen LogP contribution in [0.15, 0.2) is 162 Å². The van der Waals surface area contributed by atoms with Gasteiger partial charge in [-0.25, -0.2) is 0 Å². The summed E-state index contributed by atoms with van der Waals surface area (Å²) in [6, 6.07) is 59.0. The van der Waals surface area contributed by atoms with Crippen LogP contribution in [0.4, 0.5) is 0 Å². The van der Waals surface area contributed by atoms with Gasteiger partial charge in [0.25, 0.3) is 0 Å². The van der Waals surface area contributed by atoms with E-state index >= 15 is 0 Å². The Morgan fingerprint density at radius 3 is 1.93 bits per heavy atom. The fraction of sp³-hybridized carbons (Fsp3) is 0.238. The zero-order valence-electron chi connectivity index (χ0n) is 43.7. The average molecular weight is 1070 g/mol. The maximum Gasteiger partial charge on any atom is 0.121 e. The van der Waals surface area contributed by atoms with E-state index in [0.717, 1.165) is 61.2 Å². The third-order valence-corrected chi connectivity index (χ3v) is 12.8. The Morgan fingerprint density at radius 2 is 1.28 bits per heavy atom. The Bertz CT molecular complexity index is 3450. The number of pyridine rings is 1. The van der Waals surface area contributed by atoms with Crippen LogP contribution in [0.2, 0.25) is 0 Å². The molecule has 0 aliphatic heterocycles. The van der Waals surface area contributed by atoms with Crippen LogP contribution in [-0.2, 0) is 30.9 Å². The summed E-state index contributed by atoms with van der Waals surface area (Å²) in [7, 11) is 0. The Labute approximate surface area is 421 Å². The van der Waals surface area contributed by atoms with Crippen LogP contribution in [0.3, 0.4) is 0 Å². The Balaban J connectivity index is 0.000000271. The van der Waals surface area contributed by atoms with Crippen molar-refractivity contribution in [2.45, 2.75) is 98.8 Å². The molecule has 0 saturated heterocycles. The van der Waals surface area contributed by atoms with E-state index in [4.69, 9.17) is 13.5 Å². The number of aromatic nitrogens is 3. The van der Waals surface area contributed by atoms with Gasteiger partial charge in [0.15, 0.2) is 0 Å². The SMILES string of the molecule is CC(C)c1cc(-c2ccccc2)cc(C(C)C)c1-n1c(-c2[c-]ccc3c2oc2cc(-c4ccc(C(C)(C)C)cc4)ccc23)nc2ccccc21.[2H]C([2H])([2H])c1c[c-]c(-c2cc(C(C)(C)C)ccn2)cc1.[Ir]. The van der Waals surface area contributed by atoms with E-state index < -0.39 is 6.85 Å². The van der Waals surface area contributed by atoms with Crippen LogP contribution < -0.4 is 0 Å². The third kappa shape index (κ3) is 9.66. The van der Waals surface area contributed by atoms with Gasteiger partial charge in [-0.2, -0.15) is 0 Å². The molecule has 3 aromatic heterocycles. The quantitative estimate of drug-likeness (QED) is 0.149. The summed E-state index contributed by atoms with van der Waals surface area (Å²) in [5.41, 5.74) is 17.7. The molecule has 0 bridgehead atoms.